The fraction of sp³-hybridized carbons (Fsp3) is 0.417. The van der Waals surface area contributed by atoms with Gasteiger partial charge in [0.15, 0.2) is 28.0 Å². The predicted molar refractivity (Wildman–Crippen MR) is 211 cm³/mol. The van der Waals surface area contributed by atoms with Gasteiger partial charge in [-0.1, -0.05) is 17.8 Å². The van der Waals surface area contributed by atoms with Gasteiger partial charge in [-0.25, -0.2) is 14.6 Å². The summed E-state index contributed by atoms with van der Waals surface area (Å²) in [5.41, 5.74) is 2.79. The molecule has 0 spiro atoms. The molecule has 3 aromatic rings. The summed E-state index contributed by atoms with van der Waals surface area (Å²) in [4.78, 5) is 87.7. The van der Waals surface area contributed by atoms with E-state index in [0.717, 1.165) is 35.1 Å². The molecule has 3 amide bonds. The van der Waals surface area contributed by atoms with Crippen molar-refractivity contribution in [1.29, 1.82) is 0 Å². The van der Waals surface area contributed by atoms with E-state index < -0.39 is 74.5 Å². The minimum absolute atomic E-state index is 0.00764. The van der Waals surface area contributed by atoms with Gasteiger partial charge in [0.05, 0.1) is 37.1 Å². The van der Waals surface area contributed by atoms with Gasteiger partial charge in [-0.2, -0.15) is 5.10 Å². The van der Waals surface area contributed by atoms with Crippen LogP contribution < -0.4 is 21.8 Å². The Kier molecular flexibility index (Phi) is 11.3. The highest BCUT2D eigenvalue weighted by Gasteiger charge is 2.64. The highest BCUT2D eigenvalue weighted by atomic mass is 32.2. The van der Waals surface area contributed by atoms with Crippen LogP contribution in [0.1, 0.15) is 49.8 Å². The van der Waals surface area contributed by atoms with E-state index in [0.29, 0.717) is 29.7 Å². The van der Waals surface area contributed by atoms with Gasteiger partial charge in [-0.05, 0) is 26.8 Å². The number of quaternary nitrogens is 1. The number of likely N-dealkylation sites (tertiary alicyclic amines) is 1. The highest BCUT2D eigenvalue weighted by molar-refractivity contribution is 8.01. The van der Waals surface area contributed by atoms with Crippen LogP contribution in [-0.2, 0) is 30.6 Å². The first-order valence-electron chi connectivity index (χ1n) is 18.1. The Balaban J connectivity index is 1.21. The van der Waals surface area contributed by atoms with Gasteiger partial charge in [0.1, 0.15) is 28.8 Å². The Morgan fingerprint density at radius 1 is 1.17 bits per heavy atom. The molecule has 58 heavy (non-hydrogen) atoms. The number of aromatic hydroxyl groups is 2. The molecule has 2 fully saturated rings. The number of aliphatic carboxylic acids is 2. The predicted octanol–water partition coefficient (Wildman–Crippen LogP) is 0.786. The number of β-lactam (4-membered cyclic amide) rings is 1. The van der Waals surface area contributed by atoms with E-state index in [-0.39, 0.29) is 52.8 Å². The number of aryl methyl sites for hydroxylation is 1. The Hall–Kier alpha value is -6.00. The number of oxime groups is 1. The Morgan fingerprint density at radius 3 is 2.47 bits per heavy atom. The number of nitrogen functional groups attached to an aromatic ring is 1. The maximum Gasteiger partial charge on any atom is 0.352 e. The van der Waals surface area contributed by atoms with Crippen molar-refractivity contribution < 1.29 is 53.7 Å². The number of hydrogen-bond acceptors (Lipinski definition) is 15. The fourth-order valence-corrected chi connectivity index (χ4v) is 9.20. The number of phenolic OH excluding ortho intramolecular Hbond substituents is 2. The van der Waals surface area contributed by atoms with Crippen LogP contribution >= 0.6 is 23.1 Å². The number of rotatable bonds is 15. The van der Waals surface area contributed by atoms with Gasteiger partial charge in [-0.15, -0.1) is 23.1 Å². The molecule has 22 heteroatoms. The molecule has 0 saturated carbocycles. The lowest BCUT2D eigenvalue weighted by atomic mass is 9.90. The van der Waals surface area contributed by atoms with Crippen LogP contribution in [-0.4, -0.2) is 135 Å². The van der Waals surface area contributed by atoms with Crippen molar-refractivity contribution in [2.24, 2.45) is 5.16 Å². The topological polar surface area (TPSA) is 289 Å². The molecule has 2 aromatic heterocycles. The van der Waals surface area contributed by atoms with Gasteiger partial charge in [-0.3, -0.25) is 28.8 Å². The van der Waals surface area contributed by atoms with E-state index >= 15 is 0 Å². The molecular formula is C36H42N9O11S2+. The zero-order valence-electron chi connectivity index (χ0n) is 31.7. The third-order valence-electron chi connectivity index (χ3n) is 10.4. The van der Waals surface area contributed by atoms with E-state index in [2.05, 4.69) is 32.5 Å². The molecule has 3 aliphatic rings. The molecule has 5 heterocycles. The molecule has 0 bridgehead atoms. The number of carbonyl (C=O) groups is 5. The Morgan fingerprint density at radius 2 is 1.86 bits per heavy atom. The summed E-state index contributed by atoms with van der Waals surface area (Å²) >= 11 is 2.19. The number of thioether (sulfide) groups is 1. The SMILES string of the molecule is C=C[C@]12SCC(C[N+]3(CCNC(=O)c4nn(CC)c5cc(O)c(O)cc5c4=O)CCCC3)=C(C(=O)O)N1C(=O)[C@H]2NC(=O)/C(=N\OC(C)(C)C(=O)O)c1csc(N)n1. The number of hydrogen-bond donors (Lipinski definition) is 7. The summed E-state index contributed by atoms with van der Waals surface area (Å²) < 4.78 is 1.76. The molecule has 8 N–H and O–H groups in total. The number of amides is 3. The van der Waals surface area contributed by atoms with Gasteiger partial charge < -0.3 is 46.1 Å². The number of nitrogens with zero attached hydrogens (tertiary/aromatic N) is 6. The normalized spacial score (nSPS) is 20.3. The van der Waals surface area contributed by atoms with Crippen molar-refractivity contribution in [3.8, 4) is 11.5 Å². The number of aromatic nitrogens is 3. The van der Waals surface area contributed by atoms with E-state index in [4.69, 9.17) is 10.6 Å². The molecule has 3 aliphatic heterocycles. The first-order valence-corrected chi connectivity index (χ1v) is 19.9. The number of nitrogens with one attached hydrogen (secondary N) is 2. The smallest absolute Gasteiger partial charge is 0.352 e. The number of nitrogens with two attached hydrogens (primary N) is 1. The summed E-state index contributed by atoms with van der Waals surface area (Å²) in [6.07, 6.45) is 3.05. The number of thiazole rings is 1. The van der Waals surface area contributed by atoms with Gasteiger partial charge in [0.2, 0.25) is 11.0 Å². The van der Waals surface area contributed by atoms with Crippen molar-refractivity contribution in [3.63, 3.8) is 0 Å². The van der Waals surface area contributed by atoms with E-state index in [1.54, 1.807) is 6.92 Å². The third-order valence-corrected chi connectivity index (χ3v) is 12.6. The van der Waals surface area contributed by atoms with Crippen LogP contribution in [0.25, 0.3) is 10.9 Å². The van der Waals surface area contributed by atoms with E-state index in [9.17, 15) is 49.2 Å². The minimum atomic E-state index is -1.83. The number of benzene rings is 1. The monoisotopic (exact) mass is 840 g/mol. The molecule has 308 valence electrons. The van der Waals surface area contributed by atoms with Crippen LogP contribution in [0.15, 0.2) is 51.4 Å². The zero-order valence-corrected chi connectivity index (χ0v) is 33.3. The van der Waals surface area contributed by atoms with Crippen LogP contribution in [0.5, 0.6) is 11.5 Å². The number of carbonyl (C=O) groups excluding carboxylic acids is 3. The lowest BCUT2D eigenvalue weighted by Gasteiger charge is -2.57. The fourth-order valence-electron chi connectivity index (χ4n) is 7.26. The quantitative estimate of drug-likeness (QED) is 0.0278. The number of carboxylic acid groups (broad SMARTS) is 2. The maximum atomic E-state index is 13.9. The summed E-state index contributed by atoms with van der Waals surface area (Å²) in [5.74, 6) is -5.95. The number of carboxylic acids is 2. The lowest BCUT2D eigenvalue weighted by molar-refractivity contribution is -0.911. The Labute approximate surface area is 338 Å². The molecule has 2 saturated heterocycles. The van der Waals surface area contributed by atoms with Crippen LogP contribution in [0.3, 0.4) is 0 Å². The van der Waals surface area contributed by atoms with Crippen LogP contribution in [0, 0.1) is 0 Å². The van der Waals surface area contributed by atoms with Crippen LogP contribution in [0.2, 0.25) is 0 Å². The van der Waals surface area contributed by atoms with Crippen molar-refractivity contribution >= 4 is 74.5 Å². The molecule has 1 aromatic carbocycles. The van der Waals surface area contributed by atoms with Crippen molar-refractivity contribution in [3.05, 3.63) is 63.0 Å². The number of fused-ring (bicyclic) bond motifs is 2. The largest absolute Gasteiger partial charge is 0.504 e. The summed E-state index contributed by atoms with van der Waals surface area (Å²) in [6, 6.07) is 0.990. The van der Waals surface area contributed by atoms with Crippen LogP contribution in [0.4, 0.5) is 5.13 Å². The molecule has 0 unspecified atom stereocenters. The first kappa shape index (κ1) is 41.6. The van der Waals surface area contributed by atoms with Crippen molar-refractivity contribution in [2.45, 2.75) is 56.7 Å². The summed E-state index contributed by atoms with van der Waals surface area (Å²) in [5, 5.41) is 54.8. The molecule has 0 aliphatic carbocycles. The average molecular weight is 841 g/mol. The number of anilines is 1. The highest BCUT2D eigenvalue weighted by Crippen LogP contribution is 2.51. The molecule has 20 nitrogen and oxygen atoms in total. The summed E-state index contributed by atoms with van der Waals surface area (Å²) in [7, 11) is 0. The van der Waals surface area contributed by atoms with E-state index in [1.165, 1.54) is 47.8 Å². The average Bonchev–Trinajstić information content (AvgIpc) is 3.83. The second-order valence-electron chi connectivity index (χ2n) is 14.5. The molecular weight excluding hydrogens is 799 g/mol. The third kappa shape index (κ3) is 7.44. The van der Waals surface area contributed by atoms with Crippen molar-refractivity contribution in [2.75, 3.05) is 44.2 Å². The van der Waals surface area contributed by atoms with Gasteiger partial charge in [0.25, 0.3) is 17.7 Å². The summed E-state index contributed by atoms with van der Waals surface area (Å²) in [6.45, 7) is 10.3. The molecule has 2 atom stereocenters. The van der Waals surface area contributed by atoms with Gasteiger partial charge in [0, 0.05) is 42.2 Å². The molecule has 0 radical (unpaired) electrons. The lowest BCUT2D eigenvalue weighted by Crippen LogP contribution is -2.78. The standard InChI is InChI=1S/C36H41N9O11S2/c1-5-36-28(40-30(50)24(20-17-57-34(37)39-20)42-56-35(3,4)33(54)55)31(51)44(36)26(32(52)53)18(16-58-36)15-45(10-7-8-11-45)12-9-38-29(49)25-27(48)19-13-22(46)23(47)14-21(19)43(6-2)41-25/h5,13-14,17,28H,1,6-12,15-16H2,2-4H3,(H7-,37,38,39,40,41,42,46,47,48,49,50,52,53,54,55)/p+1/t28-,36-/m1/s1. The first-order chi connectivity index (χ1) is 27.4. The van der Waals surface area contributed by atoms with Crippen molar-refractivity contribution in [1.82, 2.24) is 30.3 Å². The number of phenols is 2. The van der Waals surface area contributed by atoms with Gasteiger partial charge >= 0.3 is 11.9 Å². The molecule has 6 rings (SSSR count). The zero-order chi connectivity index (χ0) is 42.3. The Bertz CT molecular complexity index is 2370. The minimum Gasteiger partial charge on any atom is -0.504 e. The van der Waals surface area contributed by atoms with E-state index in [1.807, 2.05) is 0 Å². The second kappa shape index (κ2) is 15.7. The maximum absolute atomic E-state index is 13.9. The second-order valence-corrected chi connectivity index (χ2v) is 16.6.